The smallest absolute Gasteiger partial charge is 0.325 e. The SMILES string of the molecule is CC1(C)CC2(CC(C)(C)N1CC(=O)OC1CCCCC1)OCC(C(=O)O)(C(=O)O)CO2.CCCCCCCCCCCCOC(=O)CCl.CCCCCCCCCCCCOC(=O)CN1C(C)(C)CC(O)CC1(C)C. The third-order valence-electron chi connectivity index (χ3n) is 15.8. The van der Waals surface area contributed by atoms with Crippen LogP contribution in [0.2, 0.25) is 0 Å². The summed E-state index contributed by atoms with van der Waals surface area (Å²) in [5.41, 5.74) is -3.56. The zero-order chi connectivity index (χ0) is 56.2. The van der Waals surface area contributed by atoms with Crippen molar-refractivity contribution in [2.45, 2.75) is 296 Å². The quantitative estimate of drug-likeness (QED) is 0.0202. The molecular formula is C59H107ClN2O13. The number of alkyl halides is 1. The van der Waals surface area contributed by atoms with E-state index in [2.05, 4.69) is 51.3 Å². The summed E-state index contributed by atoms with van der Waals surface area (Å²) in [6, 6.07) is 0. The Hall–Kier alpha value is -2.56. The summed E-state index contributed by atoms with van der Waals surface area (Å²) in [7, 11) is 0. The topological polar surface area (TPSA) is 199 Å². The molecule has 1 spiro atoms. The molecule has 0 radical (unpaired) electrons. The fourth-order valence-corrected chi connectivity index (χ4v) is 12.0. The molecule has 3 heterocycles. The number of unbranched alkanes of at least 4 members (excludes halogenated alkanes) is 18. The van der Waals surface area contributed by atoms with Gasteiger partial charge in [0.25, 0.3) is 0 Å². The summed E-state index contributed by atoms with van der Waals surface area (Å²) in [5.74, 6) is -4.77. The molecule has 3 aliphatic heterocycles. The van der Waals surface area contributed by atoms with Crippen molar-refractivity contribution in [1.29, 1.82) is 0 Å². The van der Waals surface area contributed by atoms with Crippen LogP contribution in [0.15, 0.2) is 0 Å². The summed E-state index contributed by atoms with van der Waals surface area (Å²) in [6.07, 6.45) is 32.8. The Bertz CT molecular complexity index is 1600. The number of rotatable bonds is 30. The predicted molar refractivity (Wildman–Crippen MR) is 296 cm³/mol. The van der Waals surface area contributed by atoms with Gasteiger partial charge in [-0.3, -0.25) is 33.8 Å². The number of aliphatic carboxylic acids is 2. The molecular weight excluding hydrogens is 980 g/mol. The largest absolute Gasteiger partial charge is 0.480 e. The second-order valence-electron chi connectivity index (χ2n) is 24.7. The van der Waals surface area contributed by atoms with Gasteiger partial charge in [0, 0.05) is 35.0 Å². The Kier molecular flexibility index (Phi) is 31.5. The van der Waals surface area contributed by atoms with Gasteiger partial charge in [-0.25, -0.2) is 0 Å². The van der Waals surface area contributed by atoms with Crippen molar-refractivity contribution in [3.63, 3.8) is 0 Å². The standard InChI is InChI=1S/C23H45NO3.C22H35NO8.C14H27ClO2/c1-6-7-8-9-10-11-12-13-14-15-16-27-21(26)19-24-22(2,3)17-20(25)18-23(24,4)5;1-19(2)11-22(29-13-21(14-30-22,17(25)26)18(27)28)12-20(3,4)23(19)10-16(24)31-15-8-6-5-7-9-15;1-2-3-4-5-6-7-8-9-10-11-12-17-14(16)13-15/h20,25H,6-19H2,1-5H3;15H,5-14H2,1-4H3,(H,25,26)(H,27,28);2-13H2,1H3. The first-order valence-electron chi connectivity index (χ1n) is 29.4. The molecule has 3 saturated heterocycles. The molecule has 15 nitrogen and oxygen atoms in total. The van der Waals surface area contributed by atoms with Crippen molar-refractivity contribution in [2.24, 2.45) is 5.41 Å². The molecule has 3 N–H and O–H groups in total. The lowest BCUT2D eigenvalue weighted by Gasteiger charge is -2.59. The lowest BCUT2D eigenvalue weighted by molar-refractivity contribution is -0.336. The number of halogens is 1. The van der Waals surface area contributed by atoms with E-state index in [1.165, 1.54) is 109 Å². The minimum Gasteiger partial charge on any atom is -0.480 e. The number of aliphatic hydroxyl groups excluding tert-OH is 1. The van der Waals surface area contributed by atoms with E-state index < -0.39 is 47.4 Å². The Balaban J connectivity index is 0.000000402. The van der Waals surface area contributed by atoms with Crippen LogP contribution in [0.1, 0.15) is 255 Å². The Morgan fingerprint density at radius 1 is 0.520 bits per heavy atom. The van der Waals surface area contributed by atoms with Gasteiger partial charge in [-0.2, -0.15) is 0 Å². The van der Waals surface area contributed by atoms with E-state index in [1.54, 1.807) is 0 Å². The van der Waals surface area contributed by atoms with Gasteiger partial charge in [-0.1, -0.05) is 136 Å². The highest BCUT2D eigenvalue weighted by Crippen LogP contribution is 2.49. The molecule has 0 aromatic carbocycles. The summed E-state index contributed by atoms with van der Waals surface area (Å²) < 4.78 is 27.8. The van der Waals surface area contributed by atoms with Crippen LogP contribution in [0.4, 0.5) is 0 Å². The maximum absolute atomic E-state index is 12.7. The third kappa shape index (κ3) is 25.0. The molecule has 4 fully saturated rings. The van der Waals surface area contributed by atoms with Gasteiger partial charge in [-0.15, -0.1) is 11.6 Å². The van der Waals surface area contributed by atoms with Crippen LogP contribution >= 0.6 is 11.6 Å². The normalized spacial score (nSPS) is 20.9. The number of hydrogen-bond donors (Lipinski definition) is 3. The van der Waals surface area contributed by atoms with Crippen LogP contribution in [0.3, 0.4) is 0 Å². The zero-order valence-electron chi connectivity index (χ0n) is 48.8. The second kappa shape index (κ2) is 34.4. The Morgan fingerprint density at radius 2 is 0.880 bits per heavy atom. The predicted octanol–water partition coefficient (Wildman–Crippen LogP) is 12.6. The highest BCUT2D eigenvalue weighted by Gasteiger charge is 2.61. The molecule has 0 amide bonds. The van der Waals surface area contributed by atoms with E-state index in [4.69, 9.17) is 35.3 Å². The molecule has 4 rings (SSSR count). The van der Waals surface area contributed by atoms with Crippen LogP contribution < -0.4 is 0 Å². The molecule has 4 aliphatic rings. The zero-order valence-corrected chi connectivity index (χ0v) is 49.6. The number of nitrogens with zero attached hydrogens (tertiary/aromatic N) is 2. The molecule has 438 valence electrons. The number of hydrogen-bond acceptors (Lipinski definition) is 13. The molecule has 0 unspecified atom stereocenters. The number of ether oxygens (including phenoxy) is 5. The number of carboxylic acids is 2. The van der Waals surface area contributed by atoms with Gasteiger partial charge in [0.2, 0.25) is 5.41 Å². The van der Waals surface area contributed by atoms with E-state index >= 15 is 0 Å². The average Bonchev–Trinajstić information content (AvgIpc) is 3.32. The van der Waals surface area contributed by atoms with E-state index in [0.717, 1.165) is 51.4 Å². The van der Waals surface area contributed by atoms with Crippen molar-refractivity contribution >= 4 is 41.4 Å². The van der Waals surface area contributed by atoms with Gasteiger partial charge >= 0.3 is 29.8 Å². The summed E-state index contributed by atoms with van der Waals surface area (Å²) in [4.78, 5) is 63.2. The number of carbonyl (C=O) groups is 5. The molecule has 1 saturated carbocycles. The van der Waals surface area contributed by atoms with E-state index in [0.29, 0.717) is 45.4 Å². The minimum absolute atomic E-state index is 0.00576. The van der Waals surface area contributed by atoms with Gasteiger partial charge in [0.15, 0.2) is 5.79 Å². The highest BCUT2D eigenvalue weighted by atomic mass is 35.5. The fourth-order valence-electron chi connectivity index (χ4n) is 11.9. The molecule has 16 heteroatoms. The molecule has 0 aromatic rings. The van der Waals surface area contributed by atoms with Gasteiger partial charge in [-0.05, 0) is 107 Å². The maximum Gasteiger partial charge on any atom is 0.325 e. The van der Waals surface area contributed by atoms with Crippen LogP contribution in [0.5, 0.6) is 0 Å². The van der Waals surface area contributed by atoms with Crippen molar-refractivity contribution < 1.29 is 63.0 Å². The molecule has 0 bridgehead atoms. The first kappa shape index (κ1) is 68.5. The number of aliphatic hydroxyl groups is 1. The second-order valence-corrected chi connectivity index (χ2v) is 25.0. The summed E-state index contributed by atoms with van der Waals surface area (Å²) in [6.45, 7) is 21.4. The van der Waals surface area contributed by atoms with Crippen LogP contribution in [-0.4, -0.2) is 141 Å². The van der Waals surface area contributed by atoms with Crippen molar-refractivity contribution in [2.75, 3.05) is 45.4 Å². The van der Waals surface area contributed by atoms with Gasteiger partial charge in [0.05, 0.1) is 45.6 Å². The first-order chi connectivity index (χ1) is 35.3. The number of esters is 3. The molecule has 0 aromatic heterocycles. The number of piperidine rings is 2. The summed E-state index contributed by atoms with van der Waals surface area (Å²) >= 11 is 5.31. The van der Waals surface area contributed by atoms with Crippen molar-refractivity contribution in [1.82, 2.24) is 9.80 Å². The first-order valence-corrected chi connectivity index (χ1v) is 29.9. The monoisotopic (exact) mass is 1090 g/mol. The number of carboxylic acid groups (broad SMARTS) is 2. The Morgan fingerprint density at radius 3 is 1.27 bits per heavy atom. The molecule has 75 heavy (non-hydrogen) atoms. The van der Waals surface area contributed by atoms with Crippen LogP contribution in [0.25, 0.3) is 0 Å². The maximum atomic E-state index is 12.7. The Labute approximate surface area is 458 Å². The van der Waals surface area contributed by atoms with Crippen LogP contribution in [0, 0.1) is 5.41 Å². The van der Waals surface area contributed by atoms with E-state index in [-0.39, 0.29) is 53.6 Å². The van der Waals surface area contributed by atoms with Gasteiger partial charge < -0.3 is 39.0 Å². The van der Waals surface area contributed by atoms with E-state index in [1.807, 2.05) is 27.7 Å². The van der Waals surface area contributed by atoms with E-state index in [9.17, 15) is 39.3 Å². The summed E-state index contributed by atoms with van der Waals surface area (Å²) in [5, 5.41) is 29.0. The fraction of sp³-hybridized carbons (Fsp3) is 0.915. The lowest BCUT2D eigenvalue weighted by Crippen LogP contribution is -2.70. The minimum atomic E-state index is -2.11. The number of likely N-dealkylation sites (tertiary alicyclic amines) is 2. The molecule has 1 aliphatic carbocycles. The van der Waals surface area contributed by atoms with Gasteiger partial charge in [0.1, 0.15) is 12.0 Å². The average molecular weight is 1090 g/mol. The third-order valence-corrected chi connectivity index (χ3v) is 16.1. The lowest BCUT2D eigenvalue weighted by atomic mass is 9.75. The molecule has 0 atom stereocenters. The van der Waals surface area contributed by atoms with Crippen molar-refractivity contribution in [3.05, 3.63) is 0 Å². The highest BCUT2D eigenvalue weighted by molar-refractivity contribution is 6.26. The van der Waals surface area contributed by atoms with Crippen LogP contribution in [-0.2, 0) is 47.7 Å². The number of carbonyl (C=O) groups excluding carboxylic acids is 3. The van der Waals surface area contributed by atoms with Crippen molar-refractivity contribution in [3.8, 4) is 0 Å².